The highest BCUT2D eigenvalue weighted by Gasteiger charge is 2.11. The first-order chi connectivity index (χ1) is 10.0. The molecular weight excluding hydrogens is 271 g/mol. The smallest absolute Gasteiger partial charge is 0.305 e. The molecule has 2 aromatic rings. The molecule has 110 valence electrons. The maximum Gasteiger partial charge on any atom is 0.305 e. The van der Waals surface area contributed by atoms with Gasteiger partial charge in [-0.3, -0.25) is 4.79 Å². The summed E-state index contributed by atoms with van der Waals surface area (Å²) in [7, 11) is 0. The lowest BCUT2D eigenvalue weighted by molar-refractivity contribution is -0.136. The highest BCUT2D eigenvalue weighted by Crippen LogP contribution is 2.17. The lowest BCUT2D eigenvalue weighted by atomic mass is 10.2. The molecule has 0 spiro atoms. The third-order valence-corrected chi connectivity index (χ3v) is 3.08. The fourth-order valence-electron chi connectivity index (χ4n) is 2.05. The Kier molecular flexibility index (Phi) is 4.87. The number of nitrogens with zero attached hydrogens (tertiary/aromatic N) is 2. The summed E-state index contributed by atoms with van der Waals surface area (Å²) in [6.45, 7) is 2.69. The first kappa shape index (κ1) is 15.0. The van der Waals surface area contributed by atoms with E-state index in [0.29, 0.717) is 18.9 Å². The second-order valence-electron chi connectivity index (χ2n) is 4.89. The van der Waals surface area contributed by atoms with Crippen LogP contribution in [0.5, 0.6) is 0 Å². The molecule has 0 amide bonds. The van der Waals surface area contributed by atoms with Crippen molar-refractivity contribution in [3.8, 4) is 0 Å². The van der Waals surface area contributed by atoms with Gasteiger partial charge in [-0.2, -0.15) is 0 Å². The van der Waals surface area contributed by atoms with Gasteiger partial charge < -0.3 is 10.0 Å². The molecule has 1 heterocycles. The van der Waals surface area contributed by atoms with E-state index in [2.05, 4.69) is 4.98 Å². The van der Waals surface area contributed by atoms with Crippen LogP contribution in [0.15, 0.2) is 42.6 Å². The number of pyridine rings is 1. The molecule has 1 aromatic heterocycles. The molecule has 0 bridgehead atoms. The van der Waals surface area contributed by atoms with Gasteiger partial charge in [0.2, 0.25) is 0 Å². The van der Waals surface area contributed by atoms with E-state index in [1.165, 1.54) is 12.1 Å². The molecule has 1 N–H and O–H groups in total. The van der Waals surface area contributed by atoms with Crippen molar-refractivity contribution >= 4 is 11.8 Å². The van der Waals surface area contributed by atoms with E-state index in [4.69, 9.17) is 5.11 Å². The highest BCUT2D eigenvalue weighted by molar-refractivity contribution is 5.67. The number of aliphatic carboxylic acids is 1. The van der Waals surface area contributed by atoms with Gasteiger partial charge in [0.1, 0.15) is 11.6 Å². The van der Waals surface area contributed by atoms with E-state index in [1.807, 2.05) is 30.0 Å². The molecule has 0 aliphatic rings. The number of carboxylic acid groups (broad SMARTS) is 1. The molecule has 0 saturated carbocycles. The lowest BCUT2D eigenvalue weighted by Gasteiger charge is -2.23. The summed E-state index contributed by atoms with van der Waals surface area (Å²) in [5, 5.41) is 8.87. The first-order valence-electron chi connectivity index (χ1n) is 6.68. The minimum absolute atomic E-state index is 0.00490. The van der Waals surface area contributed by atoms with Crippen molar-refractivity contribution in [2.45, 2.75) is 19.9 Å². The topological polar surface area (TPSA) is 53.4 Å². The number of carbonyl (C=O) groups is 1. The zero-order valence-electron chi connectivity index (χ0n) is 11.8. The number of hydrogen-bond acceptors (Lipinski definition) is 3. The van der Waals surface area contributed by atoms with Gasteiger partial charge in [0.25, 0.3) is 0 Å². The summed E-state index contributed by atoms with van der Waals surface area (Å²) in [6, 6.07) is 10.1. The van der Waals surface area contributed by atoms with Gasteiger partial charge in [-0.25, -0.2) is 9.37 Å². The Bertz CT molecular complexity index is 631. The van der Waals surface area contributed by atoms with Crippen molar-refractivity contribution in [2.75, 3.05) is 11.4 Å². The predicted molar refractivity (Wildman–Crippen MR) is 78.7 cm³/mol. The summed E-state index contributed by atoms with van der Waals surface area (Å²) in [5.74, 6) is -0.477. The molecule has 21 heavy (non-hydrogen) atoms. The van der Waals surface area contributed by atoms with Gasteiger partial charge >= 0.3 is 5.97 Å². The number of carboxylic acids is 1. The van der Waals surface area contributed by atoms with Gasteiger partial charge in [0.15, 0.2) is 0 Å². The molecule has 4 nitrogen and oxygen atoms in total. The quantitative estimate of drug-likeness (QED) is 0.887. The number of halogens is 1. The average molecular weight is 288 g/mol. The van der Waals surface area contributed by atoms with Crippen LogP contribution in [0.4, 0.5) is 10.2 Å². The normalized spacial score (nSPS) is 10.4. The largest absolute Gasteiger partial charge is 0.481 e. The fourth-order valence-corrected chi connectivity index (χ4v) is 2.05. The van der Waals surface area contributed by atoms with Crippen LogP contribution < -0.4 is 4.90 Å². The van der Waals surface area contributed by atoms with Gasteiger partial charge in [-0.1, -0.05) is 12.1 Å². The Morgan fingerprint density at radius 1 is 1.33 bits per heavy atom. The highest BCUT2D eigenvalue weighted by atomic mass is 19.1. The van der Waals surface area contributed by atoms with Crippen molar-refractivity contribution in [2.24, 2.45) is 0 Å². The van der Waals surface area contributed by atoms with Gasteiger partial charge in [0.05, 0.1) is 6.42 Å². The number of aryl methyl sites for hydroxylation is 1. The number of anilines is 1. The van der Waals surface area contributed by atoms with Crippen LogP contribution in [0.3, 0.4) is 0 Å². The number of hydrogen-bond donors (Lipinski definition) is 1. The predicted octanol–water partition coefficient (Wildman–Crippen LogP) is 3.01. The number of benzene rings is 1. The second-order valence-corrected chi connectivity index (χ2v) is 4.89. The molecule has 0 radical (unpaired) electrons. The maximum absolute atomic E-state index is 13.3. The zero-order valence-corrected chi connectivity index (χ0v) is 11.8. The second kappa shape index (κ2) is 6.83. The molecule has 0 saturated heterocycles. The maximum atomic E-state index is 13.3. The van der Waals surface area contributed by atoms with Gasteiger partial charge in [-0.05, 0) is 42.3 Å². The fraction of sp³-hybridized carbons (Fsp3) is 0.250. The van der Waals surface area contributed by atoms with Crippen molar-refractivity contribution in [3.05, 3.63) is 59.5 Å². The van der Waals surface area contributed by atoms with Gasteiger partial charge in [0, 0.05) is 19.3 Å². The van der Waals surface area contributed by atoms with Crippen LogP contribution in [0, 0.1) is 12.7 Å². The van der Waals surface area contributed by atoms with Crippen LogP contribution in [-0.2, 0) is 11.3 Å². The number of aromatic nitrogens is 1. The summed E-state index contributed by atoms with van der Waals surface area (Å²) >= 11 is 0. The minimum Gasteiger partial charge on any atom is -0.481 e. The Morgan fingerprint density at radius 2 is 2.14 bits per heavy atom. The van der Waals surface area contributed by atoms with E-state index >= 15 is 0 Å². The summed E-state index contributed by atoms with van der Waals surface area (Å²) in [5.41, 5.74) is 1.82. The van der Waals surface area contributed by atoms with E-state index in [1.54, 1.807) is 12.3 Å². The van der Waals surface area contributed by atoms with Crippen molar-refractivity contribution in [1.82, 2.24) is 4.98 Å². The van der Waals surface area contributed by atoms with Crippen LogP contribution in [0.1, 0.15) is 17.5 Å². The third kappa shape index (κ3) is 4.56. The zero-order chi connectivity index (χ0) is 15.2. The van der Waals surface area contributed by atoms with E-state index in [9.17, 15) is 9.18 Å². The standard InChI is InChI=1S/C16H17FN2O2/c1-12-5-7-18-15(9-12)19(8-6-16(20)21)11-13-3-2-4-14(17)10-13/h2-5,7,9-10H,6,8,11H2,1H3,(H,20,21). The van der Waals surface area contributed by atoms with Crippen LogP contribution in [0.2, 0.25) is 0 Å². The molecule has 2 rings (SSSR count). The molecule has 0 aliphatic heterocycles. The molecular formula is C16H17FN2O2. The Morgan fingerprint density at radius 3 is 2.81 bits per heavy atom. The monoisotopic (exact) mass is 288 g/mol. The molecule has 1 aromatic carbocycles. The van der Waals surface area contributed by atoms with Crippen LogP contribution in [0.25, 0.3) is 0 Å². The molecule has 0 fully saturated rings. The van der Waals surface area contributed by atoms with Gasteiger partial charge in [-0.15, -0.1) is 0 Å². The van der Waals surface area contributed by atoms with E-state index in [0.717, 1.165) is 11.1 Å². The summed E-state index contributed by atoms with van der Waals surface area (Å²) < 4.78 is 13.3. The lowest BCUT2D eigenvalue weighted by Crippen LogP contribution is -2.26. The average Bonchev–Trinajstić information content (AvgIpc) is 2.43. The van der Waals surface area contributed by atoms with Crippen molar-refractivity contribution in [3.63, 3.8) is 0 Å². The van der Waals surface area contributed by atoms with Crippen molar-refractivity contribution < 1.29 is 14.3 Å². The first-order valence-corrected chi connectivity index (χ1v) is 6.68. The van der Waals surface area contributed by atoms with E-state index < -0.39 is 5.97 Å². The SMILES string of the molecule is Cc1ccnc(N(CCC(=O)O)Cc2cccc(F)c2)c1. The Balaban J connectivity index is 2.21. The van der Waals surface area contributed by atoms with Crippen LogP contribution in [-0.4, -0.2) is 22.6 Å². The Labute approximate surface area is 122 Å². The molecule has 0 atom stereocenters. The molecule has 0 aliphatic carbocycles. The third-order valence-electron chi connectivity index (χ3n) is 3.08. The molecule has 5 heteroatoms. The van der Waals surface area contributed by atoms with E-state index in [-0.39, 0.29) is 12.2 Å². The summed E-state index contributed by atoms with van der Waals surface area (Å²) in [4.78, 5) is 16.9. The Hall–Kier alpha value is -2.43. The van der Waals surface area contributed by atoms with Crippen LogP contribution >= 0.6 is 0 Å². The number of rotatable bonds is 6. The molecule has 0 unspecified atom stereocenters. The van der Waals surface area contributed by atoms with Crippen molar-refractivity contribution in [1.29, 1.82) is 0 Å². The minimum atomic E-state index is -0.869. The summed E-state index contributed by atoms with van der Waals surface area (Å²) in [6.07, 6.45) is 1.69.